The molecule has 3 N–H and O–H groups in total. The third-order valence-corrected chi connectivity index (χ3v) is 3.90. The molecule has 0 fully saturated rings. The zero-order valence-corrected chi connectivity index (χ0v) is 13.7. The van der Waals surface area contributed by atoms with Gasteiger partial charge in [0.2, 0.25) is 0 Å². The fraction of sp³-hybridized carbons (Fsp3) is 0.278. The number of amides is 2. The van der Waals surface area contributed by atoms with Gasteiger partial charge in [0.05, 0.1) is 18.2 Å². The van der Waals surface area contributed by atoms with Crippen molar-refractivity contribution in [3.63, 3.8) is 0 Å². The number of para-hydroxylation sites is 1. The van der Waals surface area contributed by atoms with Gasteiger partial charge in [0, 0.05) is 31.3 Å². The molecule has 7 nitrogen and oxygen atoms in total. The summed E-state index contributed by atoms with van der Waals surface area (Å²) in [5, 5.41) is 17.8. The maximum Gasteiger partial charge on any atom is 0.315 e. The number of ether oxygens (including phenoxy) is 1. The van der Waals surface area contributed by atoms with E-state index in [9.17, 15) is 4.79 Å². The number of anilines is 1. The van der Waals surface area contributed by atoms with Gasteiger partial charge in [-0.05, 0) is 18.2 Å². The van der Waals surface area contributed by atoms with Gasteiger partial charge in [-0.25, -0.2) is 9.78 Å². The molecule has 0 saturated heterocycles. The number of pyridine rings is 1. The number of hydrogen-bond acceptors (Lipinski definition) is 5. The minimum absolute atomic E-state index is 0.0566. The lowest BCUT2D eigenvalue weighted by Crippen LogP contribution is -2.41. The van der Waals surface area contributed by atoms with Gasteiger partial charge in [0.15, 0.2) is 0 Å². The molecule has 1 aromatic heterocycles. The highest BCUT2D eigenvalue weighted by molar-refractivity contribution is 5.74. The van der Waals surface area contributed by atoms with Crippen molar-refractivity contribution in [2.24, 2.45) is 0 Å². The molecule has 1 aliphatic heterocycles. The number of carbonyl (C=O) groups excluding carboxylic acids is 1. The maximum atomic E-state index is 12.1. The molecule has 128 valence electrons. The molecule has 0 radical (unpaired) electrons. The van der Waals surface area contributed by atoms with E-state index in [-0.39, 0.29) is 12.1 Å². The number of nitriles is 1. The second-order valence-electron chi connectivity index (χ2n) is 5.57. The second-order valence-corrected chi connectivity index (χ2v) is 5.57. The normalized spacial score (nSPS) is 15.2. The monoisotopic (exact) mass is 337 g/mol. The van der Waals surface area contributed by atoms with E-state index in [0.29, 0.717) is 31.1 Å². The first-order valence-corrected chi connectivity index (χ1v) is 8.13. The predicted molar refractivity (Wildman–Crippen MR) is 93.3 cm³/mol. The van der Waals surface area contributed by atoms with Crippen LogP contribution >= 0.6 is 0 Å². The van der Waals surface area contributed by atoms with Crippen LogP contribution in [0.5, 0.6) is 5.75 Å². The second kappa shape index (κ2) is 8.02. The molecule has 25 heavy (non-hydrogen) atoms. The summed E-state index contributed by atoms with van der Waals surface area (Å²) in [5.41, 5.74) is 1.47. The molecular weight excluding hydrogens is 318 g/mol. The quantitative estimate of drug-likeness (QED) is 0.726. The largest absolute Gasteiger partial charge is 0.493 e. The van der Waals surface area contributed by atoms with Crippen molar-refractivity contribution in [2.45, 2.75) is 12.5 Å². The van der Waals surface area contributed by atoms with Gasteiger partial charge in [0.25, 0.3) is 0 Å². The average molecular weight is 337 g/mol. The predicted octanol–water partition coefficient (Wildman–Crippen LogP) is 2.19. The summed E-state index contributed by atoms with van der Waals surface area (Å²) in [5.74, 6) is 1.34. The van der Waals surface area contributed by atoms with Crippen molar-refractivity contribution in [3.8, 4) is 11.8 Å². The highest BCUT2D eigenvalue weighted by Gasteiger charge is 2.22. The van der Waals surface area contributed by atoms with Crippen LogP contribution in [-0.2, 0) is 0 Å². The van der Waals surface area contributed by atoms with Gasteiger partial charge < -0.3 is 20.7 Å². The molecule has 0 unspecified atom stereocenters. The number of benzene rings is 1. The first-order chi connectivity index (χ1) is 12.3. The summed E-state index contributed by atoms with van der Waals surface area (Å²) in [6, 6.07) is 12.9. The minimum Gasteiger partial charge on any atom is -0.493 e. The van der Waals surface area contributed by atoms with Crippen molar-refractivity contribution in [2.75, 3.05) is 25.0 Å². The standard InChI is InChI=1S/C18H19N5O2/c19-12-13-4-3-8-20-17(13)21-9-10-22-18(24)23-15-7-11-25-16-6-2-1-5-14(15)16/h1-6,8,15H,7,9-11H2,(H,20,21)(H2,22,23,24)/t15-/m1/s1. The van der Waals surface area contributed by atoms with Crippen LogP contribution in [0.4, 0.5) is 10.6 Å². The molecular formula is C18H19N5O2. The van der Waals surface area contributed by atoms with Crippen LogP contribution in [0.3, 0.4) is 0 Å². The van der Waals surface area contributed by atoms with Crippen LogP contribution in [0, 0.1) is 11.3 Å². The fourth-order valence-corrected chi connectivity index (χ4v) is 2.69. The Bertz CT molecular complexity index is 787. The van der Waals surface area contributed by atoms with Crippen LogP contribution in [0.25, 0.3) is 0 Å². The Hall–Kier alpha value is -3.27. The first-order valence-electron chi connectivity index (χ1n) is 8.13. The van der Waals surface area contributed by atoms with E-state index in [0.717, 1.165) is 17.7 Å². The van der Waals surface area contributed by atoms with Gasteiger partial charge in [-0.1, -0.05) is 18.2 Å². The van der Waals surface area contributed by atoms with Gasteiger partial charge in [0.1, 0.15) is 17.6 Å². The Morgan fingerprint density at radius 2 is 2.16 bits per heavy atom. The average Bonchev–Trinajstić information content (AvgIpc) is 2.66. The Balaban J connectivity index is 1.46. The highest BCUT2D eigenvalue weighted by atomic mass is 16.5. The lowest BCUT2D eigenvalue weighted by molar-refractivity contribution is 0.223. The number of urea groups is 1. The van der Waals surface area contributed by atoms with Gasteiger partial charge in [-0.2, -0.15) is 5.26 Å². The third-order valence-electron chi connectivity index (χ3n) is 3.90. The molecule has 7 heteroatoms. The van der Waals surface area contributed by atoms with Crippen molar-refractivity contribution in [1.29, 1.82) is 5.26 Å². The molecule has 0 spiro atoms. The number of rotatable bonds is 5. The van der Waals surface area contributed by atoms with Crippen LogP contribution in [0.2, 0.25) is 0 Å². The number of carbonyl (C=O) groups is 1. The third kappa shape index (κ3) is 4.18. The SMILES string of the molecule is N#Cc1cccnc1NCCNC(=O)N[C@@H]1CCOc2ccccc21. The van der Waals surface area contributed by atoms with Gasteiger partial charge in [-0.3, -0.25) is 0 Å². The van der Waals surface area contributed by atoms with Gasteiger partial charge >= 0.3 is 6.03 Å². The molecule has 1 aliphatic rings. The Morgan fingerprint density at radius 3 is 3.04 bits per heavy atom. The van der Waals surface area contributed by atoms with Gasteiger partial charge in [-0.15, -0.1) is 0 Å². The van der Waals surface area contributed by atoms with Crippen LogP contribution in [-0.4, -0.2) is 30.7 Å². The fourth-order valence-electron chi connectivity index (χ4n) is 2.69. The lowest BCUT2D eigenvalue weighted by atomic mass is 10.0. The smallest absolute Gasteiger partial charge is 0.315 e. The summed E-state index contributed by atoms with van der Waals surface area (Å²) in [6.07, 6.45) is 2.36. The van der Waals surface area contributed by atoms with Crippen LogP contribution in [0.15, 0.2) is 42.6 Å². The van der Waals surface area contributed by atoms with Crippen molar-refractivity contribution in [3.05, 3.63) is 53.7 Å². The zero-order chi connectivity index (χ0) is 17.5. The summed E-state index contributed by atoms with van der Waals surface area (Å²) in [6.45, 7) is 1.47. The molecule has 0 aliphatic carbocycles. The van der Waals surface area contributed by atoms with E-state index in [2.05, 4.69) is 27.0 Å². The first kappa shape index (κ1) is 16.6. The van der Waals surface area contributed by atoms with Crippen molar-refractivity contribution < 1.29 is 9.53 Å². The summed E-state index contributed by atoms with van der Waals surface area (Å²) < 4.78 is 5.59. The van der Waals surface area contributed by atoms with Crippen LogP contribution < -0.4 is 20.7 Å². The van der Waals surface area contributed by atoms with E-state index in [4.69, 9.17) is 10.00 Å². The Morgan fingerprint density at radius 1 is 1.28 bits per heavy atom. The van der Waals surface area contributed by atoms with E-state index >= 15 is 0 Å². The molecule has 2 heterocycles. The van der Waals surface area contributed by atoms with E-state index in [1.165, 1.54) is 0 Å². The number of nitrogens with zero attached hydrogens (tertiary/aromatic N) is 2. The maximum absolute atomic E-state index is 12.1. The zero-order valence-electron chi connectivity index (χ0n) is 13.7. The van der Waals surface area contributed by atoms with E-state index < -0.39 is 0 Å². The molecule has 1 aromatic carbocycles. The topological polar surface area (TPSA) is 99.1 Å². The molecule has 0 saturated carbocycles. The Kier molecular flexibility index (Phi) is 5.32. The van der Waals surface area contributed by atoms with Crippen molar-refractivity contribution >= 4 is 11.8 Å². The Labute approximate surface area is 146 Å². The van der Waals surface area contributed by atoms with Crippen LogP contribution in [0.1, 0.15) is 23.6 Å². The number of nitrogens with one attached hydrogen (secondary N) is 3. The minimum atomic E-state index is -0.231. The lowest BCUT2D eigenvalue weighted by Gasteiger charge is -2.26. The van der Waals surface area contributed by atoms with Crippen molar-refractivity contribution in [1.82, 2.24) is 15.6 Å². The summed E-state index contributed by atoms with van der Waals surface area (Å²) in [7, 11) is 0. The molecule has 3 rings (SSSR count). The number of aromatic nitrogens is 1. The highest BCUT2D eigenvalue weighted by Crippen LogP contribution is 2.31. The number of fused-ring (bicyclic) bond motifs is 1. The van der Waals surface area contributed by atoms with E-state index in [1.807, 2.05) is 24.3 Å². The molecule has 0 bridgehead atoms. The number of hydrogen-bond donors (Lipinski definition) is 3. The molecule has 2 aromatic rings. The summed E-state index contributed by atoms with van der Waals surface area (Å²) in [4.78, 5) is 16.2. The molecule has 1 atom stereocenters. The molecule has 2 amide bonds. The van der Waals surface area contributed by atoms with E-state index in [1.54, 1.807) is 18.3 Å². The summed E-state index contributed by atoms with van der Waals surface area (Å²) >= 11 is 0.